The van der Waals surface area contributed by atoms with E-state index in [1.54, 1.807) is 6.07 Å². The number of hydrogen-bond acceptors (Lipinski definition) is 4. The fourth-order valence-electron chi connectivity index (χ4n) is 3.66. The topological polar surface area (TPSA) is 73.6 Å². The Balaban J connectivity index is 1.81. The van der Waals surface area contributed by atoms with Crippen LogP contribution < -0.4 is 0 Å². The maximum atomic E-state index is 10.8. The van der Waals surface area contributed by atoms with Crippen LogP contribution in [0.4, 0.5) is 5.88 Å². The highest BCUT2D eigenvalue weighted by Crippen LogP contribution is 2.37. The summed E-state index contributed by atoms with van der Waals surface area (Å²) in [6.07, 6.45) is 11.3. The van der Waals surface area contributed by atoms with Crippen molar-refractivity contribution in [3.8, 4) is 11.5 Å². The molecule has 3 heterocycles. The van der Waals surface area contributed by atoms with Gasteiger partial charge in [0.05, 0.1) is 6.07 Å². The van der Waals surface area contributed by atoms with Crippen LogP contribution in [0.25, 0.3) is 17.1 Å². The zero-order valence-electron chi connectivity index (χ0n) is 13.5. The van der Waals surface area contributed by atoms with Crippen molar-refractivity contribution in [2.45, 2.75) is 44.9 Å². The van der Waals surface area contributed by atoms with Gasteiger partial charge in [-0.1, -0.05) is 19.3 Å². The van der Waals surface area contributed by atoms with Crippen molar-refractivity contribution in [1.82, 2.24) is 9.38 Å². The lowest BCUT2D eigenvalue weighted by Crippen LogP contribution is -2.08. The normalized spacial score (nSPS) is 15.9. The summed E-state index contributed by atoms with van der Waals surface area (Å²) in [6, 6.07) is 5.01. The minimum absolute atomic E-state index is 0.279. The summed E-state index contributed by atoms with van der Waals surface area (Å²) in [4.78, 5) is 14.9. The molecule has 3 aromatic rings. The number of rotatable bonds is 3. The van der Waals surface area contributed by atoms with Gasteiger partial charge in [0.2, 0.25) is 0 Å². The van der Waals surface area contributed by atoms with Gasteiger partial charge in [-0.25, -0.2) is 4.98 Å². The van der Waals surface area contributed by atoms with Crippen LogP contribution in [0.1, 0.15) is 49.1 Å². The Labute approximate surface area is 139 Å². The smallest absolute Gasteiger partial charge is 0.399 e. The van der Waals surface area contributed by atoms with E-state index in [-0.39, 0.29) is 5.88 Å². The van der Waals surface area contributed by atoms with Crippen LogP contribution in [0, 0.1) is 23.2 Å². The second kappa shape index (κ2) is 5.78. The van der Waals surface area contributed by atoms with Gasteiger partial charge in [-0.05, 0) is 43.4 Å². The van der Waals surface area contributed by atoms with Crippen molar-refractivity contribution in [1.29, 1.82) is 0 Å². The van der Waals surface area contributed by atoms with Crippen LogP contribution in [0.3, 0.4) is 0 Å². The van der Waals surface area contributed by atoms with Crippen LogP contribution in [-0.2, 0) is 0 Å². The summed E-state index contributed by atoms with van der Waals surface area (Å²) in [6.45, 7) is 2.12. The Morgan fingerprint density at radius 3 is 2.79 bits per heavy atom. The number of aryl methyl sites for hydroxylation is 1. The van der Waals surface area contributed by atoms with Gasteiger partial charge in [0.15, 0.2) is 5.76 Å². The van der Waals surface area contributed by atoms with Gasteiger partial charge in [-0.3, -0.25) is 14.5 Å². The molecule has 24 heavy (non-hydrogen) atoms. The predicted octanol–water partition coefficient (Wildman–Crippen LogP) is 4.66. The monoisotopic (exact) mass is 324 g/mol. The molecule has 0 aliphatic heterocycles. The third-order valence-corrected chi connectivity index (χ3v) is 4.83. The van der Waals surface area contributed by atoms with Gasteiger partial charge in [0.1, 0.15) is 22.5 Å². The van der Waals surface area contributed by atoms with E-state index < -0.39 is 4.92 Å². The molecule has 0 amide bonds. The fourth-order valence-corrected chi connectivity index (χ4v) is 3.66. The maximum absolute atomic E-state index is 10.8. The van der Waals surface area contributed by atoms with Gasteiger partial charge >= 0.3 is 5.88 Å². The van der Waals surface area contributed by atoms with Crippen LogP contribution in [0.5, 0.6) is 0 Å². The number of aromatic nitrogens is 2. The highest BCUT2D eigenvalue weighted by molar-refractivity contribution is 5.62. The standard InChI is InChI=1S/C18H18N3O3/c1-12-9-10-20-11-14(15-7-8-16(24-15)21(22)23)19-18(20)17(12)13-5-3-2-4-6-13/h7-10,13H,2-6H2,1H3. The molecule has 0 atom stereocenters. The first-order chi connectivity index (χ1) is 11.6. The molecule has 3 aromatic heterocycles. The van der Waals surface area contributed by atoms with E-state index in [0.29, 0.717) is 17.4 Å². The molecule has 0 bridgehead atoms. The summed E-state index contributed by atoms with van der Waals surface area (Å²) in [5, 5.41) is 10.8. The third kappa shape index (κ3) is 2.48. The first-order valence-electron chi connectivity index (χ1n) is 8.29. The van der Waals surface area contributed by atoms with Gasteiger partial charge in [-0.2, -0.15) is 0 Å². The van der Waals surface area contributed by atoms with E-state index in [1.165, 1.54) is 49.3 Å². The third-order valence-electron chi connectivity index (χ3n) is 4.83. The fraction of sp³-hybridized carbons (Fsp3) is 0.389. The van der Waals surface area contributed by atoms with Crippen molar-refractivity contribution in [3.63, 3.8) is 0 Å². The number of nitro groups is 1. The first kappa shape index (κ1) is 14.9. The van der Waals surface area contributed by atoms with Crippen LogP contribution in [-0.4, -0.2) is 14.3 Å². The predicted molar refractivity (Wildman–Crippen MR) is 88.9 cm³/mol. The number of imidazole rings is 1. The second-order valence-electron chi connectivity index (χ2n) is 6.41. The zero-order valence-corrected chi connectivity index (χ0v) is 13.5. The Kier molecular flexibility index (Phi) is 3.59. The lowest BCUT2D eigenvalue weighted by molar-refractivity contribution is -0.401. The lowest BCUT2D eigenvalue weighted by atomic mass is 9.83. The van der Waals surface area contributed by atoms with Crippen molar-refractivity contribution < 1.29 is 9.34 Å². The lowest BCUT2D eigenvalue weighted by Gasteiger charge is -2.23. The Morgan fingerprint density at radius 2 is 2.08 bits per heavy atom. The number of pyridine rings is 1. The molecule has 123 valence electrons. The van der Waals surface area contributed by atoms with E-state index in [2.05, 4.69) is 24.2 Å². The van der Waals surface area contributed by atoms with E-state index in [0.717, 1.165) is 5.65 Å². The molecule has 6 heteroatoms. The summed E-state index contributed by atoms with van der Waals surface area (Å²) < 4.78 is 7.15. The van der Waals surface area contributed by atoms with Crippen molar-refractivity contribution in [2.24, 2.45) is 0 Å². The van der Waals surface area contributed by atoms with E-state index in [4.69, 9.17) is 4.42 Å². The van der Waals surface area contributed by atoms with Gasteiger partial charge in [0.25, 0.3) is 0 Å². The molecule has 4 rings (SSSR count). The Hall–Kier alpha value is -2.63. The summed E-state index contributed by atoms with van der Waals surface area (Å²) in [5.74, 6) is 0.619. The Bertz CT molecular complexity index is 904. The number of hydrogen-bond donors (Lipinski definition) is 0. The highest BCUT2D eigenvalue weighted by Gasteiger charge is 2.23. The molecule has 0 N–H and O–H groups in total. The highest BCUT2D eigenvalue weighted by atomic mass is 16.6. The van der Waals surface area contributed by atoms with Crippen molar-refractivity contribution in [2.75, 3.05) is 0 Å². The second-order valence-corrected chi connectivity index (χ2v) is 6.41. The summed E-state index contributed by atoms with van der Waals surface area (Å²) in [5.41, 5.74) is 3.91. The molecule has 1 aliphatic rings. The number of furan rings is 1. The Morgan fingerprint density at radius 1 is 1.29 bits per heavy atom. The quantitative estimate of drug-likeness (QED) is 0.519. The number of nitrogens with zero attached hydrogens (tertiary/aromatic N) is 3. The zero-order chi connectivity index (χ0) is 16.7. The average Bonchev–Trinajstić information content (AvgIpc) is 3.22. The summed E-state index contributed by atoms with van der Waals surface area (Å²) >= 11 is 0. The van der Waals surface area contributed by atoms with Gasteiger partial charge in [-0.15, -0.1) is 0 Å². The average molecular weight is 324 g/mol. The van der Waals surface area contributed by atoms with Gasteiger partial charge in [0, 0.05) is 11.8 Å². The molecule has 1 fully saturated rings. The first-order valence-corrected chi connectivity index (χ1v) is 8.29. The van der Waals surface area contributed by atoms with E-state index in [9.17, 15) is 10.1 Å². The van der Waals surface area contributed by atoms with E-state index >= 15 is 0 Å². The number of fused-ring (bicyclic) bond motifs is 1. The van der Waals surface area contributed by atoms with Crippen molar-refractivity contribution in [3.05, 3.63) is 51.8 Å². The largest absolute Gasteiger partial charge is 0.433 e. The molecule has 6 nitrogen and oxygen atoms in total. The molecule has 0 saturated heterocycles. The molecule has 1 saturated carbocycles. The van der Waals surface area contributed by atoms with Gasteiger partial charge < -0.3 is 4.42 Å². The van der Waals surface area contributed by atoms with Crippen LogP contribution >= 0.6 is 0 Å². The SMILES string of the molecule is Cc1ccn2[c]c(-c3ccc([N+](=O)[O-])o3)nc2c1C1CCCCC1. The van der Waals surface area contributed by atoms with Crippen molar-refractivity contribution >= 4 is 11.5 Å². The molecule has 0 spiro atoms. The minimum Gasteiger partial charge on any atom is -0.399 e. The molecular formula is C18H18N3O3. The molecule has 1 radical (unpaired) electrons. The molecule has 0 aromatic carbocycles. The molecular weight excluding hydrogens is 306 g/mol. The minimum atomic E-state index is -0.545. The maximum Gasteiger partial charge on any atom is 0.433 e. The molecule has 1 aliphatic carbocycles. The van der Waals surface area contributed by atoms with Crippen LogP contribution in [0.15, 0.2) is 28.8 Å². The van der Waals surface area contributed by atoms with E-state index in [1.807, 2.05) is 10.6 Å². The van der Waals surface area contributed by atoms with Crippen LogP contribution in [0.2, 0.25) is 0 Å². The summed E-state index contributed by atoms with van der Waals surface area (Å²) in [7, 11) is 0. The molecule has 0 unspecified atom stereocenters.